The lowest BCUT2D eigenvalue weighted by Gasteiger charge is -2.15. The van der Waals surface area contributed by atoms with E-state index < -0.39 is 5.97 Å². The Morgan fingerprint density at radius 3 is 2.71 bits per heavy atom. The Hall–Kier alpha value is -3.25. The van der Waals surface area contributed by atoms with Crippen LogP contribution in [0.25, 0.3) is 16.6 Å². The summed E-state index contributed by atoms with van der Waals surface area (Å²) in [5.74, 6) is -0.439. The second-order valence-electron chi connectivity index (χ2n) is 7.27. The molecule has 4 aromatic rings. The number of rotatable bonds is 6. The number of para-hydroxylation sites is 1. The summed E-state index contributed by atoms with van der Waals surface area (Å²) in [6.45, 7) is 4.00. The van der Waals surface area contributed by atoms with Gasteiger partial charge in [0.25, 0.3) is 5.56 Å². The summed E-state index contributed by atoms with van der Waals surface area (Å²) in [7, 11) is 0. The van der Waals surface area contributed by atoms with E-state index in [2.05, 4.69) is 11.9 Å². The molecule has 0 amide bonds. The van der Waals surface area contributed by atoms with Crippen molar-refractivity contribution < 1.29 is 9.53 Å². The fourth-order valence-corrected chi connectivity index (χ4v) is 3.93. The van der Waals surface area contributed by atoms with Gasteiger partial charge in [0.05, 0.1) is 21.8 Å². The molecule has 31 heavy (non-hydrogen) atoms. The number of pyridine rings is 2. The molecule has 0 aliphatic heterocycles. The van der Waals surface area contributed by atoms with Gasteiger partial charge < -0.3 is 4.74 Å². The van der Waals surface area contributed by atoms with E-state index in [9.17, 15) is 9.59 Å². The monoisotopic (exact) mass is 435 g/mol. The lowest BCUT2D eigenvalue weighted by molar-refractivity contribution is 0.0468. The minimum Gasteiger partial charge on any atom is -0.456 e. The van der Waals surface area contributed by atoms with E-state index in [-0.39, 0.29) is 12.2 Å². The van der Waals surface area contributed by atoms with Gasteiger partial charge in [-0.2, -0.15) is 0 Å². The predicted molar refractivity (Wildman–Crippen MR) is 121 cm³/mol. The van der Waals surface area contributed by atoms with Crippen LogP contribution in [-0.4, -0.2) is 20.3 Å². The van der Waals surface area contributed by atoms with Crippen molar-refractivity contribution in [3.8, 4) is 0 Å². The van der Waals surface area contributed by atoms with E-state index >= 15 is 0 Å². The normalized spacial score (nSPS) is 11.2. The highest BCUT2D eigenvalue weighted by atomic mass is 35.5. The average molecular weight is 436 g/mol. The molecule has 0 aliphatic carbocycles. The molecule has 0 fully saturated rings. The summed E-state index contributed by atoms with van der Waals surface area (Å²) in [4.78, 5) is 34.7. The summed E-state index contributed by atoms with van der Waals surface area (Å²) in [5.41, 5.74) is 3.69. The second-order valence-corrected chi connectivity index (χ2v) is 7.71. The average Bonchev–Trinajstić information content (AvgIpc) is 2.77. The van der Waals surface area contributed by atoms with E-state index in [1.807, 2.05) is 31.2 Å². The Bertz CT molecular complexity index is 1350. The molecule has 0 bridgehead atoms. The third-order valence-corrected chi connectivity index (χ3v) is 5.37. The fraction of sp³-hybridized carbons (Fsp3) is 0.250. The zero-order valence-electron chi connectivity index (χ0n) is 17.4. The highest BCUT2D eigenvalue weighted by molar-refractivity contribution is 6.30. The van der Waals surface area contributed by atoms with E-state index in [0.29, 0.717) is 28.3 Å². The summed E-state index contributed by atoms with van der Waals surface area (Å²) < 4.78 is 6.98. The van der Waals surface area contributed by atoms with Gasteiger partial charge in [0.2, 0.25) is 0 Å². The summed E-state index contributed by atoms with van der Waals surface area (Å²) in [6, 6.07) is 12.2. The van der Waals surface area contributed by atoms with Gasteiger partial charge in [0.1, 0.15) is 12.3 Å². The third kappa shape index (κ3) is 4.16. The Morgan fingerprint density at radius 1 is 1.13 bits per heavy atom. The van der Waals surface area contributed by atoms with E-state index in [1.54, 1.807) is 12.1 Å². The van der Waals surface area contributed by atoms with Crippen molar-refractivity contribution in [1.82, 2.24) is 14.4 Å². The first-order chi connectivity index (χ1) is 15.0. The Morgan fingerprint density at radius 2 is 1.94 bits per heavy atom. The number of halogens is 1. The Balaban J connectivity index is 1.70. The van der Waals surface area contributed by atoms with Crippen LogP contribution in [-0.2, 0) is 24.2 Å². The molecule has 3 aromatic heterocycles. The van der Waals surface area contributed by atoms with Gasteiger partial charge in [-0.3, -0.25) is 14.2 Å². The molecular formula is C24H22ClN3O3. The van der Waals surface area contributed by atoms with Gasteiger partial charge in [-0.25, -0.2) is 9.78 Å². The van der Waals surface area contributed by atoms with Crippen LogP contribution in [0.5, 0.6) is 0 Å². The molecule has 0 N–H and O–H groups in total. The highest BCUT2D eigenvalue weighted by Crippen LogP contribution is 2.26. The molecule has 158 valence electrons. The zero-order chi connectivity index (χ0) is 22.0. The van der Waals surface area contributed by atoms with Crippen molar-refractivity contribution >= 4 is 34.1 Å². The number of esters is 1. The Kier molecular flexibility index (Phi) is 6.00. The van der Waals surface area contributed by atoms with Crippen molar-refractivity contribution in [2.75, 3.05) is 0 Å². The van der Waals surface area contributed by atoms with Crippen LogP contribution in [0.4, 0.5) is 0 Å². The van der Waals surface area contributed by atoms with Gasteiger partial charge in [-0.05, 0) is 36.6 Å². The van der Waals surface area contributed by atoms with Gasteiger partial charge in [0, 0.05) is 23.3 Å². The molecule has 3 heterocycles. The molecule has 0 radical (unpaired) electrons. The largest absolute Gasteiger partial charge is 0.456 e. The van der Waals surface area contributed by atoms with Crippen LogP contribution in [0.3, 0.4) is 0 Å². The number of hydrogen-bond donors (Lipinski definition) is 0. The maximum Gasteiger partial charge on any atom is 0.339 e. The molecular weight excluding hydrogens is 414 g/mol. The predicted octanol–water partition coefficient (Wildman–Crippen LogP) is 4.77. The minimum absolute atomic E-state index is 0.101. The van der Waals surface area contributed by atoms with Crippen molar-refractivity contribution in [3.05, 3.63) is 86.6 Å². The maximum atomic E-state index is 13.2. The zero-order valence-corrected chi connectivity index (χ0v) is 18.1. The lowest BCUT2D eigenvalue weighted by Crippen LogP contribution is -2.17. The number of aromatic nitrogens is 3. The van der Waals surface area contributed by atoms with Crippen LogP contribution in [0.1, 0.15) is 47.6 Å². The highest BCUT2D eigenvalue weighted by Gasteiger charge is 2.21. The summed E-state index contributed by atoms with van der Waals surface area (Å²) >= 11 is 5.95. The van der Waals surface area contributed by atoms with Gasteiger partial charge in [-0.15, -0.1) is 0 Å². The van der Waals surface area contributed by atoms with Crippen molar-refractivity contribution in [2.24, 2.45) is 0 Å². The first-order valence-corrected chi connectivity index (χ1v) is 10.6. The van der Waals surface area contributed by atoms with Gasteiger partial charge in [-0.1, -0.05) is 50.1 Å². The molecule has 6 nitrogen and oxygen atoms in total. The van der Waals surface area contributed by atoms with Crippen LogP contribution in [0.2, 0.25) is 5.02 Å². The molecule has 0 spiro atoms. The van der Waals surface area contributed by atoms with Gasteiger partial charge in [0.15, 0.2) is 0 Å². The van der Waals surface area contributed by atoms with E-state index in [0.717, 1.165) is 35.0 Å². The third-order valence-electron chi connectivity index (χ3n) is 5.15. The number of carbonyl (C=O) groups is 1. The SMILES string of the molecule is CCCc1nc2ccccc2c(C(=O)OCc2cc(=O)n3cc(Cl)ccc3n2)c1CC. The van der Waals surface area contributed by atoms with E-state index in [1.165, 1.54) is 16.7 Å². The minimum atomic E-state index is -0.439. The van der Waals surface area contributed by atoms with Crippen molar-refractivity contribution in [3.63, 3.8) is 0 Å². The van der Waals surface area contributed by atoms with Crippen LogP contribution in [0.15, 0.2) is 53.5 Å². The molecule has 0 unspecified atom stereocenters. The molecule has 7 heteroatoms. The quantitative estimate of drug-likeness (QED) is 0.408. The standard InChI is InChI=1S/C24H22ClN3O3/c1-3-7-19-17(4-2)23(18-8-5-6-9-20(18)27-19)24(30)31-14-16-12-22(29)28-13-15(25)10-11-21(28)26-16/h5-6,8-13H,3-4,7,14H2,1-2H3. The number of fused-ring (bicyclic) bond motifs is 2. The first kappa shape index (κ1) is 21.0. The van der Waals surface area contributed by atoms with Crippen LogP contribution < -0.4 is 5.56 Å². The molecule has 1 aromatic carbocycles. The number of carbonyl (C=O) groups excluding carboxylic acids is 1. The number of hydrogen-bond acceptors (Lipinski definition) is 5. The van der Waals surface area contributed by atoms with Crippen molar-refractivity contribution in [2.45, 2.75) is 39.7 Å². The maximum absolute atomic E-state index is 13.2. The topological polar surface area (TPSA) is 73.6 Å². The molecule has 0 saturated carbocycles. The molecule has 0 aliphatic rings. The smallest absolute Gasteiger partial charge is 0.339 e. The van der Waals surface area contributed by atoms with E-state index in [4.69, 9.17) is 21.3 Å². The summed E-state index contributed by atoms with van der Waals surface area (Å²) in [6.07, 6.45) is 3.91. The van der Waals surface area contributed by atoms with Gasteiger partial charge >= 0.3 is 5.97 Å². The first-order valence-electron chi connectivity index (χ1n) is 10.3. The number of nitrogens with zero attached hydrogens (tertiary/aromatic N) is 3. The van der Waals surface area contributed by atoms with Crippen LogP contribution >= 0.6 is 11.6 Å². The van der Waals surface area contributed by atoms with Crippen LogP contribution in [0, 0.1) is 0 Å². The molecule has 0 atom stereocenters. The summed E-state index contributed by atoms with van der Waals surface area (Å²) in [5, 5.41) is 1.21. The number of benzene rings is 1. The fourth-order valence-electron chi connectivity index (χ4n) is 3.77. The van der Waals surface area contributed by atoms with Crippen molar-refractivity contribution in [1.29, 1.82) is 0 Å². The second kappa shape index (κ2) is 8.86. The number of ether oxygens (including phenoxy) is 1. The number of aryl methyl sites for hydroxylation is 1. The molecule has 0 saturated heterocycles. The Labute approximate surface area is 184 Å². The lowest BCUT2D eigenvalue weighted by atomic mass is 9.96. The molecule has 4 rings (SSSR count).